The monoisotopic (exact) mass is 375 g/mol. The van der Waals surface area contributed by atoms with Crippen LogP contribution in [0, 0.1) is 0 Å². The summed E-state index contributed by atoms with van der Waals surface area (Å²) >= 11 is 0. The molecule has 4 rings (SSSR count). The van der Waals surface area contributed by atoms with Crippen molar-refractivity contribution in [1.29, 1.82) is 0 Å². The molecule has 0 radical (unpaired) electrons. The van der Waals surface area contributed by atoms with E-state index in [0.717, 1.165) is 35.9 Å². The lowest BCUT2D eigenvalue weighted by atomic mass is 10.1. The van der Waals surface area contributed by atoms with Gasteiger partial charge in [-0.15, -0.1) is 10.2 Å². The van der Waals surface area contributed by atoms with Gasteiger partial charge in [0.15, 0.2) is 5.82 Å². The van der Waals surface area contributed by atoms with Crippen LogP contribution in [-0.2, 0) is 4.74 Å². The second-order valence-corrected chi connectivity index (χ2v) is 6.40. The number of hydrogen-bond acceptors (Lipinski definition) is 5. The zero-order valence-electron chi connectivity index (χ0n) is 15.3. The molecule has 142 valence electrons. The van der Waals surface area contributed by atoms with Crippen molar-refractivity contribution in [3.05, 3.63) is 66.7 Å². The topological polar surface area (TPSA) is 79.4 Å². The Labute approximate surface area is 163 Å². The molecule has 3 aromatic rings. The molecule has 0 aliphatic carbocycles. The number of carbonyl (C=O) groups excluding carboxylic acids is 1. The number of urea groups is 1. The summed E-state index contributed by atoms with van der Waals surface area (Å²) in [6.07, 6.45) is 0. The second kappa shape index (κ2) is 8.49. The summed E-state index contributed by atoms with van der Waals surface area (Å²) in [6, 6.07) is 20.5. The van der Waals surface area contributed by atoms with E-state index in [4.69, 9.17) is 4.74 Å². The van der Waals surface area contributed by atoms with Crippen molar-refractivity contribution in [2.75, 3.05) is 41.8 Å². The number of aromatic nitrogens is 2. The summed E-state index contributed by atoms with van der Waals surface area (Å²) in [6.45, 7) is 3.07. The SMILES string of the molecule is O=C(Nc1ccccc1)Nc1cccc(-c2ccc(N3CCOCC3)nn2)c1. The van der Waals surface area contributed by atoms with Crippen molar-refractivity contribution in [1.82, 2.24) is 10.2 Å². The summed E-state index contributed by atoms with van der Waals surface area (Å²) < 4.78 is 5.37. The number of para-hydroxylation sites is 1. The van der Waals surface area contributed by atoms with E-state index in [1.807, 2.05) is 66.7 Å². The standard InChI is InChI=1S/C21H21N5O2/c27-21(22-17-6-2-1-3-7-17)23-18-8-4-5-16(15-18)19-9-10-20(25-24-19)26-11-13-28-14-12-26/h1-10,15H,11-14H2,(H2,22,23,27). The quantitative estimate of drug-likeness (QED) is 0.728. The molecule has 2 heterocycles. The first kappa shape index (κ1) is 17.9. The van der Waals surface area contributed by atoms with Gasteiger partial charge >= 0.3 is 6.03 Å². The normalized spacial score (nSPS) is 13.8. The van der Waals surface area contributed by atoms with Crippen LogP contribution in [0.2, 0.25) is 0 Å². The number of ether oxygens (including phenoxy) is 1. The Morgan fingerprint density at radius 3 is 2.36 bits per heavy atom. The Hall–Kier alpha value is -3.45. The average Bonchev–Trinajstić information content (AvgIpc) is 2.75. The number of anilines is 3. The number of hydrogen-bond donors (Lipinski definition) is 2. The van der Waals surface area contributed by atoms with Gasteiger partial charge < -0.3 is 20.3 Å². The molecule has 2 aromatic carbocycles. The van der Waals surface area contributed by atoms with Crippen LogP contribution in [0.25, 0.3) is 11.3 Å². The molecule has 1 saturated heterocycles. The molecule has 1 fully saturated rings. The molecule has 0 spiro atoms. The molecule has 1 aliphatic rings. The van der Waals surface area contributed by atoms with Gasteiger partial charge in [-0.1, -0.05) is 30.3 Å². The molecular weight excluding hydrogens is 354 g/mol. The molecule has 0 saturated carbocycles. The third-order valence-electron chi connectivity index (χ3n) is 4.43. The maximum atomic E-state index is 12.2. The minimum atomic E-state index is -0.294. The zero-order chi connectivity index (χ0) is 19.2. The highest BCUT2D eigenvalue weighted by atomic mass is 16.5. The third kappa shape index (κ3) is 4.44. The maximum Gasteiger partial charge on any atom is 0.323 e. The highest BCUT2D eigenvalue weighted by Gasteiger charge is 2.13. The summed E-state index contributed by atoms with van der Waals surface area (Å²) in [4.78, 5) is 14.3. The minimum Gasteiger partial charge on any atom is -0.378 e. The Bertz CT molecular complexity index is 925. The molecule has 2 N–H and O–H groups in total. The van der Waals surface area contributed by atoms with Gasteiger partial charge in [0.2, 0.25) is 0 Å². The van der Waals surface area contributed by atoms with E-state index in [1.165, 1.54) is 0 Å². The molecule has 0 unspecified atom stereocenters. The van der Waals surface area contributed by atoms with E-state index in [-0.39, 0.29) is 6.03 Å². The number of amides is 2. The fraction of sp³-hybridized carbons (Fsp3) is 0.190. The summed E-state index contributed by atoms with van der Waals surface area (Å²) in [5.41, 5.74) is 3.06. The molecule has 0 bridgehead atoms. The number of rotatable bonds is 4. The Morgan fingerprint density at radius 1 is 0.857 bits per heavy atom. The van der Waals surface area contributed by atoms with E-state index >= 15 is 0 Å². The number of nitrogens with one attached hydrogen (secondary N) is 2. The van der Waals surface area contributed by atoms with Crippen LogP contribution in [0.15, 0.2) is 66.7 Å². The Kier molecular flexibility index (Phi) is 5.44. The average molecular weight is 375 g/mol. The number of benzene rings is 2. The van der Waals surface area contributed by atoms with Crippen molar-refractivity contribution in [3.8, 4) is 11.3 Å². The summed E-state index contributed by atoms with van der Waals surface area (Å²) in [5, 5.41) is 14.3. The smallest absolute Gasteiger partial charge is 0.323 e. The zero-order valence-corrected chi connectivity index (χ0v) is 15.3. The van der Waals surface area contributed by atoms with Crippen LogP contribution in [0.5, 0.6) is 0 Å². The van der Waals surface area contributed by atoms with Crippen molar-refractivity contribution in [2.45, 2.75) is 0 Å². The largest absolute Gasteiger partial charge is 0.378 e. The van der Waals surface area contributed by atoms with Crippen molar-refractivity contribution < 1.29 is 9.53 Å². The lowest BCUT2D eigenvalue weighted by molar-refractivity contribution is 0.122. The first-order valence-corrected chi connectivity index (χ1v) is 9.18. The minimum absolute atomic E-state index is 0.294. The van der Waals surface area contributed by atoms with Gasteiger partial charge in [0.05, 0.1) is 18.9 Å². The predicted octanol–water partition coefficient (Wildman–Crippen LogP) is 3.62. The fourth-order valence-corrected chi connectivity index (χ4v) is 3.01. The second-order valence-electron chi connectivity index (χ2n) is 6.40. The Morgan fingerprint density at radius 2 is 1.61 bits per heavy atom. The van der Waals surface area contributed by atoms with E-state index in [2.05, 4.69) is 25.7 Å². The molecule has 7 heteroatoms. The van der Waals surface area contributed by atoms with Crippen molar-refractivity contribution in [3.63, 3.8) is 0 Å². The van der Waals surface area contributed by atoms with E-state index in [0.29, 0.717) is 18.9 Å². The van der Waals surface area contributed by atoms with Gasteiger partial charge in [-0.25, -0.2) is 4.79 Å². The molecule has 7 nitrogen and oxygen atoms in total. The highest BCUT2D eigenvalue weighted by Crippen LogP contribution is 2.22. The van der Waals surface area contributed by atoms with Crippen LogP contribution < -0.4 is 15.5 Å². The molecule has 1 aliphatic heterocycles. The molecule has 1 aromatic heterocycles. The fourth-order valence-electron chi connectivity index (χ4n) is 3.01. The van der Waals surface area contributed by atoms with Gasteiger partial charge in [0.25, 0.3) is 0 Å². The molecular formula is C21H21N5O2. The van der Waals surface area contributed by atoms with Crippen LogP contribution >= 0.6 is 0 Å². The first-order valence-electron chi connectivity index (χ1n) is 9.18. The van der Waals surface area contributed by atoms with E-state index in [1.54, 1.807) is 0 Å². The highest BCUT2D eigenvalue weighted by molar-refractivity contribution is 6.00. The number of nitrogens with zero attached hydrogens (tertiary/aromatic N) is 3. The van der Waals surface area contributed by atoms with Crippen LogP contribution in [0.3, 0.4) is 0 Å². The number of morpholine rings is 1. The first-order chi connectivity index (χ1) is 13.8. The Balaban J connectivity index is 1.43. The van der Waals surface area contributed by atoms with Crippen LogP contribution in [0.4, 0.5) is 22.0 Å². The van der Waals surface area contributed by atoms with Gasteiger partial charge in [0.1, 0.15) is 0 Å². The van der Waals surface area contributed by atoms with Crippen LogP contribution in [-0.4, -0.2) is 42.5 Å². The van der Waals surface area contributed by atoms with Gasteiger partial charge in [-0.05, 0) is 36.4 Å². The third-order valence-corrected chi connectivity index (χ3v) is 4.43. The molecule has 2 amide bonds. The van der Waals surface area contributed by atoms with Crippen molar-refractivity contribution >= 4 is 23.2 Å². The van der Waals surface area contributed by atoms with Gasteiger partial charge in [0, 0.05) is 30.0 Å². The van der Waals surface area contributed by atoms with E-state index in [9.17, 15) is 4.79 Å². The maximum absolute atomic E-state index is 12.2. The lowest BCUT2D eigenvalue weighted by Gasteiger charge is -2.27. The van der Waals surface area contributed by atoms with Crippen LogP contribution in [0.1, 0.15) is 0 Å². The molecule has 0 atom stereocenters. The van der Waals surface area contributed by atoms with E-state index < -0.39 is 0 Å². The van der Waals surface area contributed by atoms with Gasteiger partial charge in [-0.3, -0.25) is 0 Å². The lowest BCUT2D eigenvalue weighted by Crippen LogP contribution is -2.36. The summed E-state index contributed by atoms with van der Waals surface area (Å²) in [7, 11) is 0. The predicted molar refractivity (Wildman–Crippen MR) is 110 cm³/mol. The summed E-state index contributed by atoms with van der Waals surface area (Å²) in [5.74, 6) is 0.851. The van der Waals surface area contributed by atoms with Crippen molar-refractivity contribution in [2.24, 2.45) is 0 Å². The molecule has 28 heavy (non-hydrogen) atoms. The van der Waals surface area contributed by atoms with Gasteiger partial charge in [-0.2, -0.15) is 0 Å². The number of carbonyl (C=O) groups is 1.